The second-order valence-corrected chi connectivity index (χ2v) is 6.73. The van der Waals surface area contributed by atoms with Gasteiger partial charge in [-0.05, 0) is 26.2 Å². The third-order valence-corrected chi connectivity index (χ3v) is 4.92. The van der Waals surface area contributed by atoms with E-state index in [1.54, 1.807) is 6.07 Å². The van der Waals surface area contributed by atoms with Gasteiger partial charge in [0.2, 0.25) is 5.91 Å². The van der Waals surface area contributed by atoms with E-state index in [1.165, 1.54) is 18.5 Å². The van der Waals surface area contributed by atoms with Crippen LogP contribution >= 0.6 is 0 Å². The summed E-state index contributed by atoms with van der Waals surface area (Å²) in [4.78, 5) is 19.4. The number of imidazole rings is 1. The van der Waals surface area contributed by atoms with Gasteiger partial charge in [0.05, 0.1) is 18.1 Å². The zero-order valence-corrected chi connectivity index (χ0v) is 14.2. The summed E-state index contributed by atoms with van der Waals surface area (Å²) in [5.41, 5.74) is 2.48. The number of nitrogens with one attached hydrogen (secondary N) is 1. The highest BCUT2D eigenvalue weighted by atomic mass is 16.5. The lowest BCUT2D eigenvalue weighted by molar-refractivity contribution is -0.121. The Kier molecular flexibility index (Phi) is 3.88. The van der Waals surface area contributed by atoms with Crippen molar-refractivity contribution in [3.63, 3.8) is 0 Å². The van der Waals surface area contributed by atoms with Gasteiger partial charge in [0.1, 0.15) is 5.76 Å². The number of carbonyl (C=O) groups is 1. The number of hydrogen-bond donors (Lipinski definition) is 1. The summed E-state index contributed by atoms with van der Waals surface area (Å²) in [5, 5.41) is 6.70. The molecule has 2 aromatic rings. The minimum absolute atomic E-state index is 0.0316. The molecule has 2 aromatic heterocycles. The van der Waals surface area contributed by atoms with E-state index in [0.717, 1.165) is 31.6 Å². The van der Waals surface area contributed by atoms with Gasteiger partial charge in [0.25, 0.3) is 0 Å². The van der Waals surface area contributed by atoms with Gasteiger partial charge >= 0.3 is 0 Å². The molecule has 0 saturated heterocycles. The Hall–Kier alpha value is -2.15. The van der Waals surface area contributed by atoms with Crippen molar-refractivity contribution >= 4 is 11.7 Å². The Morgan fingerprint density at radius 2 is 2.33 bits per heavy atom. The molecule has 1 N–H and O–H groups in total. The second kappa shape index (κ2) is 6.05. The van der Waals surface area contributed by atoms with Crippen molar-refractivity contribution < 1.29 is 9.32 Å². The van der Waals surface area contributed by atoms with Gasteiger partial charge in [-0.15, -0.1) is 0 Å². The van der Waals surface area contributed by atoms with E-state index in [0.29, 0.717) is 17.6 Å². The van der Waals surface area contributed by atoms with Crippen molar-refractivity contribution in [2.75, 3.05) is 11.9 Å². The molecule has 7 nitrogen and oxygen atoms in total. The zero-order chi connectivity index (χ0) is 16.7. The van der Waals surface area contributed by atoms with Crippen molar-refractivity contribution in [3.8, 4) is 0 Å². The number of anilines is 1. The van der Waals surface area contributed by atoms with Crippen LogP contribution in [-0.2, 0) is 17.8 Å². The van der Waals surface area contributed by atoms with Crippen molar-refractivity contribution in [3.05, 3.63) is 29.5 Å². The SMILES string of the molecule is CC[C@@H](C(=O)Nc1cc(C)on1)N1CCc2c(ncn2C2CC2)C1. The third-order valence-electron chi connectivity index (χ3n) is 4.92. The van der Waals surface area contributed by atoms with Crippen LogP contribution in [0.4, 0.5) is 5.82 Å². The summed E-state index contributed by atoms with van der Waals surface area (Å²) in [5.74, 6) is 1.13. The molecular formula is C17H23N5O2. The number of aryl methyl sites for hydroxylation is 1. The number of hydrogen-bond acceptors (Lipinski definition) is 5. The van der Waals surface area contributed by atoms with E-state index in [1.807, 2.05) is 20.2 Å². The minimum Gasteiger partial charge on any atom is -0.360 e. The molecule has 1 saturated carbocycles. The quantitative estimate of drug-likeness (QED) is 0.911. The fraction of sp³-hybridized carbons (Fsp3) is 0.588. The lowest BCUT2D eigenvalue weighted by Gasteiger charge is -2.32. The first-order valence-electron chi connectivity index (χ1n) is 8.68. The molecule has 0 unspecified atom stereocenters. The standard InChI is InChI=1S/C17H23N5O2/c1-3-14(17(23)19-16-8-11(2)24-20-16)21-7-6-15-13(9-21)18-10-22(15)12-4-5-12/h8,10,12,14H,3-7,9H2,1-2H3,(H,19,20,23)/t14-/m0/s1. The number of nitrogens with zero attached hydrogens (tertiary/aromatic N) is 4. The van der Waals surface area contributed by atoms with Gasteiger partial charge in [0, 0.05) is 37.3 Å². The predicted molar refractivity (Wildman–Crippen MR) is 88.6 cm³/mol. The highest BCUT2D eigenvalue weighted by Gasteiger charge is 2.33. The summed E-state index contributed by atoms with van der Waals surface area (Å²) in [6, 6.07) is 2.21. The van der Waals surface area contributed by atoms with Gasteiger partial charge in [-0.25, -0.2) is 4.98 Å². The van der Waals surface area contributed by atoms with Crippen LogP contribution in [0.25, 0.3) is 0 Å². The molecule has 1 amide bonds. The smallest absolute Gasteiger partial charge is 0.242 e. The first-order valence-corrected chi connectivity index (χ1v) is 8.68. The van der Waals surface area contributed by atoms with E-state index in [2.05, 4.69) is 24.9 Å². The van der Waals surface area contributed by atoms with Crippen LogP contribution in [0.5, 0.6) is 0 Å². The highest BCUT2D eigenvalue weighted by Crippen LogP contribution is 2.37. The van der Waals surface area contributed by atoms with Crippen LogP contribution in [0.1, 0.15) is 49.4 Å². The number of fused-ring (bicyclic) bond motifs is 1. The van der Waals surface area contributed by atoms with Crippen LogP contribution in [0, 0.1) is 6.92 Å². The molecule has 1 atom stereocenters. The summed E-state index contributed by atoms with van der Waals surface area (Å²) < 4.78 is 7.35. The molecule has 24 heavy (non-hydrogen) atoms. The average molecular weight is 329 g/mol. The van der Waals surface area contributed by atoms with Crippen LogP contribution < -0.4 is 5.32 Å². The molecule has 2 aliphatic rings. The molecule has 1 fully saturated rings. The van der Waals surface area contributed by atoms with Gasteiger partial charge in [-0.2, -0.15) is 0 Å². The van der Waals surface area contributed by atoms with Gasteiger partial charge < -0.3 is 14.4 Å². The Bertz CT molecular complexity index is 746. The van der Waals surface area contributed by atoms with Crippen LogP contribution in [-0.4, -0.2) is 38.1 Å². The average Bonchev–Trinajstić information content (AvgIpc) is 3.20. The zero-order valence-electron chi connectivity index (χ0n) is 14.2. The molecule has 4 rings (SSSR count). The molecular weight excluding hydrogens is 306 g/mol. The molecule has 7 heteroatoms. The van der Waals surface area contributed by atoms with E-state index in [-0.39, 0.29) is 11.9 Å². The van der Waals surface area contributed by atoms with Gasteiger partial charge in [0.15, 0.2) is 5.82 Å². The van der Waals surface area contributed by atoms with Gasteiger partial charge in [-0.3, -0.25) is 9.69 Å². The molecule has 1 aliphatic heterocycles. The maximum Gasteiger partial charge on any atom is 0.242 e. The molecule has 128 valence electrons. The van der Waals surface area contributed by atoms with E-state index < -0.39 is 0 Å². The molecule has 0 bridgehead atoms. The Morgan fingerprint density at radius 1 is 1.50 bits per heavy atom. The Labute approximate surface area is 141 Å². The lowest BCUT2D eigenvalue weighted by Crippen LogP contribution is -2.46. The fourth-order valence-corrected chi connectivity index (χ4v) is 3.53. The fourth-order valence-electron chi connectivity index (χ4n) is 3.53. The molecule has 3 heterocycles. The minimum atomic E-state index is -0.179. The Balaban J connectivity index is 1.46. The normalized spacial score (nSPS) is 19.1. The number of aromatic nitrogens is 3. The van der Waals surface area contributed by atoms with Crippen LogP contribution in [0.15, 0.2) is 16.9 Å². The van der Waals surface area contributed by atoms with Crippen LogP contribution in [0.2, 0.25) is 0 Å². The van der Waals surface area contributed by atoms with E-state index in [4.69, 9.17) is 4.52 Å². The molecule has 0 spiro atoms. The second-order valence-electron chi connectivity index (χ2n) is 6.73. The largest absolute Gasteiger partial charge is 0.360 e. The van der Waals surface area contributed by atoms with Crippen molar-refractivity contribution in [2.24, 2.45) is 0 Å². The maximum atomic E-state index is 12.6. The first kappa shape index (κ1) is 15.4. The van der Waals surface area contributed by atoms with Gasteiger partial charge in [-0.1, -0.05) is 12.1 Å². The lowest BCUT2D eigenvalue weighted by atomic mass is 10.1. The maximum absolute atomic E-state index is 12.6. The van der Waals surface area contributed by atoms with Crippen molar-refractivity contribution in [1.82, 2.24) is 19.6 Å². The number of amides is 1. The summed E-state index contributed by atoms with van der Waals surface area (Å²) in [6.45, 7) is 5.47. The van der Waals surface area contributed by atoms with E-state index >= 15 is 0 Å². The summed E-state index contributed by atoms with van der Waals surface area (Å²) >= 11 is 0. The topological polar surface area (TPSA) is 76.2 Å². The third kappa shape index (κ3) is 2.84. The predicted octanol–water partition coefficient (Wildman–Crippen LogP) is 2.29. The summed E-state index contributed by atoms with van der Waals surface area (Å²) in [6.07, 6.45) is 6.22. The van der Waals surface area contributed by atoms with Crippen molar-refractivity contribution in [2.45, 2.75) is 58.2 Å². The molecule has 1 aliphatic carbocycles. The molecule has 0 radical (unpaired) electrons. The first-order chi connectivity index (χ1) is 11.7. The van der Waals surface area contributed by atoms with Crippen LogP contribution in [0.3, 0.4) is 0 Å². The molecule has 0 aromatic carbocycles. The Morgan fingerprint density at radius 3 is 3.00 bits per heavy atom. The van der Waals surface area contributed by atoms with Crippen molar-refractivity contribution in [1.29, 1.82) is 0 Å². The number of carbonyl (C=O) groups excluding carboxylic acids is 1. The summed E-state index contributed by atoms with van der Waals surface area (Å²) in [7, 11) is 0. The number of rotatable bonds is 5. The monoisotopic (exact) mass is 329 g/mol. The van der Waals surface area contributed by atoms with E-state index in [9.17, 15) is 4.79 Å². The highest BCUT2D eigenvalue weighted by molar-refractivity contribution is 5.94.